The van der Waals surface area contributed by atoms with Gasteiger partial charge in [0.25, 0.3) is 5.91 Å². The lowest BCUT2D eigenvalue weighted by Gasteiger charge is -2.43. The molecule has 13 heteroatoms. The summed E-state index contributed by atoms with van der Waals surface area (Å²) in [6.07, 6.45) is 3.72. The van der Waals surface area contributed by atoms with Gasteiger partial charge in [-0.25, -0.2) is 4.79 Å². The third-order valence-corrected chi connectivity index (χ3v) is 10.4. The molecule has 0 unspecified atom stereocenters. The van der Waals surface area contributed by atoms with E-state index in [-0.39, 0.29) is 42.2 Å². The fraction of sp³-hybridized carbons (Fsp3) is 0.357. The number of hydrogen-bond acceptors (Lipinski definition) is 10. The molecule has 3 aliphatic rings. The standard InChI is InChI=1S/C42H47N5O8/c48-34-13-11-32(33-12-14-38(50)45-40(33)34)35(49)23-43-17-4-5-18-44-41(51)36-21-27(26-54-36)25-53-31-10-6-9-30(22-31)39(29-7-2-1-3-8-29)46-42(52)55-37-24-47-19-15-28(37)16-20-47/h1-3,6-14,21-22,26,28,35,37,39,43,48-49H,4-5,15-20,23-25H2,(H,44,51)(H,45,50)(H,46,52)/t35-,37-,39-/m0/s1. The van der Waals surface area contributed by atoms with Crippen LogP contribution in [0, 0.1) is 5.92 Å². The first kappa shape index (κ1) is 37.7. The average molecular weight is 750 g/mol. The number of phenolic OH excluding ortho intramolecular Hbond substituents is 1. The molecule has 0 aliphatic carbocycles. The Bertz CT molecular complexity index is 2130. The zero-order valence-electron chi connectivity index (χ0n) is 30.5. The van der Waals surface area contributed by atoms with E-state index in [1.807, 2.05) is 54.6 Å². The number of pyridine rings is 1. The lowest BCUT2D eigenvalue weighted by Crippen LogP contribution is -2.52. The van der Waals surface area contributed by atoms with E-state index in [1.54, 1.807) is 18.2 Å². The van der Waals surface area contributed by atoms with Crippen molar-refractivity contribution in [3.8, 4) is 11.5 Å². The highest BCUT2D eigenvalue weighted by molar-refractivity contribution is 5.91. The number of unbranched alkanes of at least 4 members (excludes halogenated alkanes) is 1. The van der Waals surface area contributed by atoms with E-state index < -0.39 is 18.2 Å². The molecule has 0 saturated carbocycles. The highest BCUT2D eigenvalue weighted by atomic mass is 16.6. The first-order valence-corrected chi connectivity index (χ1v) is 18.9. The van der Waals surface area contributed by atoms with Crippen LogP contribution in [-0.4, -0.2) is 77.5 Å². The number of rotatable bonds is 16. The molecule has 6 N–H and O–H groups in total. The molecule has 3 saturated heterocycles. The molecule has 3 aliphatic heterocycles. The fourth-order valence-corrected chi connectivity index (χ4v) is 7.42. The maximum atomic E-state index is 13.2. The van der Waals surface area contributed by atoms with Gasteiger partial charge in [-0.3, -0.25) is 14.5 Å². The number of aromatic nitrogens is 1. The number of fused-ring (bicyclic) bond motifs is 4. The van der Waals surface area contributed by atoms with Gasteiger partial charge in [0.2, 0.25) is 5.56 Å². The second-order valence-corrected chi connectivity index (χ2v) is 14.2. The van der Waals surface area contributed by atoms with Gasteiger partial charge in [-0.05, 0) is 98.3 Å². The number of alkyl carbamates (subject to hydrolysis) is 1. The molecular weight excluding hydrogens is 702 g/mol. The third-order valence-electron chi connectivity index (χ3n) is 10.4. The van der Waals surface area contributed by atoms with Crippen LogP contribution in [0.4, 0.5) is 4.79 Å². The van der Waals surface area contributed by atoms with Gasteiger partial charge in [-0.15, -0.1) is 0 Å². The van der Waals surface area contributed by atoms with Crippen LogP contribution < -0.4 is 26.2 Å². The summed E-state index contributed by atoms with van der Waals surface area (Å²) >= 11 is 0. The molecule has 0 spiro atoms. The number of carbonyl (C=O) groups is 2. The second kappa shape index (κ2) is 17.7. The number of nitrogens with one attached hydrogen (secondary N) is 4. The third kappa shape index (κ3) is 9.55. The molecule has 3 atom stereocenters. The van der Waals surface area contributed by atoms with E-state index in [0.29, 0.717) is 53.2 Å². The van der Waals surface area contributed by atoms with E-state index >= 15 is 0 Å². The van der Waals surface area contributed by atoms with E-state index in [9.17, 15) is 24.6 Å². The number of furan rings is 1. The van der Waals surface area contributed by atoms with Crippen molar-refractivity contribution in [2.75, 3.05) is 39.3 Å². The minimum Gasteiger partial charge on any atom is -0.506 e. The SMILES string of the molecule is O=C(N[C@@H](c1ccccc1)c1cccc(OCc2coc(C(=O)NCCCCNC[C@H](O)c3ccc(O)c4[nH]c(=O)ccc34)c2)c1)O[C@H]1CN2CCC1CC2. The van der Waals surface area contributed by atoms with Gasteiger partial charge in [0, 0.05) is 36.7 Å². The number of piperidine rings is 3. The average Bonchev–Trinajstić information content (AvgIpc) is 3.69. The highest BCUT2D eigenvalue weighted by Gasteiger charge is 2.37. The largest absolute Gasteiger partial charge is 0.506 e. The smallest absolute Gasteiger partial charge is 0.408 e. The Labute approximate surface area is 318 Å². The Morgan fingerprint density at radius 1 is 0.945 bits per heavy atom. The lowest BCUT2D eigenvalue weighted by molar-refractivity contribution is -0.0336. The summed E-state index contributed by atoms with van der Waals surface area (Å²) in [5, 5.41) is 30.6. The van der Waals surface area contributed by atoms with Gasteiger partial charge in [0.15, 0.2) is 5.76 Å². The lowest BCUT2D eigenvalue weighted by atomic mass is 9.86. The van der Waals surface area contributed by atoms with Crippen LogP contribution in [0.25, 0.3) is 10.9 Å². The predicted molar refractivity (Wildman–Crippen MR) is 206 cm³/mol. The number of phenols is 1. The molecule has 8 rings (SSSR count). The van der Waals surface area contributed by atoms with Gasteiger partial charge < -0.3 is 45.0 Å². The van der Waals surface area contributed by atoms with Crippen molar-refractivity contribution < 1.29 is 33.7 Å². The minimum absolute atomic E-state index is 0.0545. The first-order chi connectivity index (χ1) is 26.8. The van der Waals surface area contributed by atoms with Crippen LogP contribution in [0.1, 0.15) is 70.6 Å². The van der Waals surface area contributed by atoms with Crippen molar-refractivity contribution in [3.63, 3.8) is 0 Å². The Morgan fingerprint density at radius 3 is 2.55 bits per heavy atom. The quantitative estimate of drug-likeness (QED) is 0.0740. The number of aromatic amines is 1. The van der Waals surface area contributed by atoms with Crippen molar-refractivity contribution in [1.29, 1.82) is 0 Å². The molecule has 5 aromatic rings. The topological polar surface area (TPSA) is 178 Å². The van der Waals surface area contributed by atoms with Crippen molar-refractivity contribution in [2.24, 2.45) is 5.92 Å². The molecular formula is C42H47N5O8. The number of aliphatic hydroxyl groups is 1. The van der Waals surface area contributed by atoms with Crippen LogP contribution in [0.5, 0.6) is 11.5 Å². The molecule has 2 bridgehead atoms. The monoisotopic (exact) mass is 749 g/mol. The summed E-state index contributed by atoms with van der Waals surface area (Å²) in [6.45, 7) is 4.46. The van der Waals surface area contributed by atoms with Crippen molar-refractivity contribution >= 4 is 22.9 Å². The van der Waals surface area contributed by atoms with Crippen LogP contribution >= 0.6 is 0 Å². The van der Waals surface area contributed by atoms with Crippen molar-refractivity contribution in [3.05, 3.63) is 130 Å². The molecule has 3 aromatic carbocycles. The molecule has 2 aromatic heterocycles. The molecule has 3 fully saturated rings. The summed E-state index contributed by atoms with van der Waals surface area (Å²) in [5.41, 5.74) is 3.03. The normalized spacial score (nSPS) is 18.7. The summed E-state index contributed by atoms with van der Waals surface area (Å²) in [4.78, 5) is 42.6. The zero-order valence-corrected chi connectivity index (χ0v) is 30.5. The van der Waals surface area contributed by atoms with Gasteiger partial charge in [-0.1, -0.05) is 48.5 Å². The number of carbonyl (C=O) groups excluding carboxylic acids is 2. The van der Waals surface area contributed by atoms with Crippen LogP contribution in [0.2, 0.25) is 0 Å². The van der Waals surface area contributed by atoms with Crippen molar-refractivity contribution in [1.82, 2.24) is 25.8 Å². The Hall–Kier alpha value is -5.63. The van der Waals surface area contributed by atoms with Crippen LogP contribution in [0.3, 0.4) is 0 Å². The van der Waals surface area contributed by atoms with Gasteiger partial charge in [-0.2, -0.15) is 0 Å². The van der Waals surface area contributed by atoms with Gasteiger partial charge >= 0.3 is 6.09 Å². The zero-order chi connectivity index (χ0) is 38.1. The molecule has 13 nitrogen and oxygen atoms in total. The maximum Gasteiger partial charge on any atom is 0.408 e. The second-order valence-electron chi connectivity index (χ2n) is 14.2. The van der Waals surface area contributed by atoms with Crippen LogP contribution in [-0.2, 0) is 11.3 Å². The van der Waals surface area contributed by atoms with Gasteiger partial charge in [0.1, 0.15) is 24.2 Å². The highest BCUT2D eigenvalue weighted by Crippen LogP contribution is 2.31. The number of benzene rings is 3. The van der Waals surface area contributed by atoms with Crippen LogP contribution in [0.15, 0.2) is 100 Å². The summed E-state index contributed by atoms with van der Waals surface area (Å²) in [6, 6.07) is 24.6. The Kier molecular flexibility index (Phi) is 12.1. The van der Waals surface area contributed by atoms with E-state index in [2.05, 4.69) is 25.8 Å². The maximum absolute atomic E-state index is 13.2. The fourth-order valence-electron chi connectivity index (χ4n) is 7.42. The minimum atomic E-state index is -0.840. The number of aromatic hydroxyl groups is 1. The number of aliphatic hydroxyl groups excluding tert-OH is 1. The van der Waals surface area contributed by atoms with E-state index in [4.69, 9.17) is 13.9 Å². The number of H-pyrrole nitrogens is 1. The van der Waals surface area contributed by atoms with Gasteiger partial charge in [0.05, 0.1) is 23.9 Å². The number of nitrogens with zero attached hydrogens (tertiary/aromatic N) is 1. The van der Waals surface area contributed by atoms with E-state index in [1.165, 1.54) is 18.4 Å². The Morgan fingerprint density at radius 2 is 1.75 bits per heavy atom. The molecule has 2 amide bonds. The van der Waals surface area contributed by atoms with E-state index in [0.717, 1.165) is 50.0 Å². The summed E-state index contributed by atoms with van der Waals surface area (Å²) < 4.78 is 17.6. The number of hydrogen-bond donors (Lipinski definition) is 6. The number of amides is 2. The first-order valence-electron chi connectivity index (χ1n) is 18.9. The molecule has 0 radical (unpaired) electrons. The predicted octanol–water partition coefficient (Wildman–Crippen LogP) is 5.15. The van der Waals surface area contributed by atoms with Crippen molar-refractivity contribution in [2.45, 2.75) is 50.5 Å². The Balaban J connectivity index is 0.849. The summed E-state index contributed by atoms with van der Waals surface area (Å²) in [5.74, 6) is 0.824. The summed E-state index contributed by atoms with van der Waals surface area (Å²) in [7, 11) is 0. The molecule has 288 valence electrons. The molecule has 55 heavy (non-hydrogen) atoms. The number of ether oxygens (including phenoxy) is 2. The molecule has 5 heterocycles.